The summed E-state index contributed by atoms with van der Waals surface area (Å²) >= 11 is 0. The van der Waals surface area contributed by atoms with Gasteiger partial charge in [0.2, 0.25) is 0 Å². The number of benzene rings is 3. The van der Waals surface area contributed by atoms with E-state index in [0.717, 1.165) is 31.8 Å². The predicted molar refractivity (Wildman–Crippen MR) is 141 cm³/mol. The second kappa shape index (κ2) is 11.6. The summed E-state index contributed by atoms with van der Waals surface area (Å²) in [5.74, 6) is 1.01. The molecule has 0 heterocycles. The highest BCUT2D eigenvalue weighted by molar-refractivity contribution is 7.48. The fourth-order valence-electron chi connectivity index (χ4n) is 4.13. The summed E-state index contributed by atoms with van der Waals surface area (Å²) in [4.78, 5) is 2.50. The lowest BCUT2D eigenvalue weighted by atomic mass is 9.96. The lowest BCUT2D eigenvalue weighted by Gasteiger charge is -2.33. The topological polar surface area (TPSA) is 12.5 Å². The van der Waals surface area contributed by atoms with Crippen LogP contribution >= 0.6 is 8.58 Å². The van der Waals surface area contributed by atoms with Gasteiger partial charge in [0, 0.05) is 17.3 Å². The van der Waals surface area contributed by atoms with Crippen LogP contribution in [0.1, 0.15) is 56.4 Å². The molecule has 32 heavy (non-hydrogen) atoms. The molecule has 3 aromatic rings. The van der Waals surface area contributed by atoms with Crippen LogP contribution in [0.25, 0.3) is 0 Å². The van der Waals surface area contributed by atoms with E-state index in [4.69, 9.17) is 4.74 Å². The summed E-state index contributed by atoms with van der Waals surface area (Å²) < 4.78 is 6.36. The Labute approximate surface area is 196 Å². The zero-order valence-corrected chi connectivity index (χ0v) is 21.3. The van der Waals surface area contributed by atoms with E-state index in [9.17, 15) is 0 Å². The molecule has 0 fully saturated rings. The maximum absolute atomic E-state index is 6.36. The predicted octanol–water partition coefficient (Wildman–Crippen LogP) is 7.05. The molecule has 170 valence electrons. The average Bonchev–Trinajstić information content (AvgIpc) is 2.83. The normalized spacial score (nSPS) is 13.6. The van der Waals surface area contributed by atoms with Gasteiger partial charge in [0.1, 0.15) is 12.4 Å². The molecule has 0 radical (unpaired) electrons. The minimum Gasteiger partial charge on any atom is -0.489 e. The van der Waals surface area contributed by atoms with E-state index < -0.39 is 0 Å². The second-order valence-corrected chi connectivity index (χ2v) is 10.5. The van der Waals surface area contributed by atoms with Crippen molar-refractivity contribution in [1.82, 2.24) is 4.90 Å². The monoisotopic (exact) mass is 447 g/mol. The van der Waals surface area contributed by atoms with Gasteiger partial charge in [-0.25, -0.2) is 0 Å². The van der Waals surface area contributed by atoms with Gasteiger partial charge in [-0.2, -0.15) is 0 Å². The van der Waals surface area contributed by atoms with Crippen LogP contribution in [0.5, 0.6) is 5.75 Å². The van der Waals surface area contributed by atoms with Crippen LogP contribution in [0.2, 0.25) is 0 Å². The fourth-order valence-corrected chi connectivity index (χ4v) is 5.81. The van der Waals surface area contributed by atoms with Gasteiger partial charge in [0.15, 0.2) is 0 Å². The van der Waals surface area contributed by atoms with Gasteiger partial charge in [-0.05, 0) is 54.5 Å². The Morgan fingerprint density at radius 1 is 0.844 bits per heavy atom. The first kappa shape index (κ1) is 24.5. The number of hydrogen-bond acceptors (Lipinski definition) is 2. The minimum atomic E-state index is 0.0252. The molecule has 0 amide bonds. The van der Waals surface area contributed by atoms with E-state index in [1.807, 2.05) is 6.07 Å². The second-order valence-electron chi connectivity index (χ2n) is 8.65. The van der Waals surface area contributed by atoms with Crippen molar-refractivity contribution in [3.63, 3.8) is 0 Å². The molecule has 3 heteroatoms. The SMILES string of the molecule is CCN(CC)Cc1cccc(C)c1PC(C)(CC)c1ccccc1OCc1ccccc1. The van der Waals surface area contributed by atoms with Crippen molar-refractivity contribution in [3.05, 3.63) is 95.1 Å². The Morgan fingerprint density at radius 2 is 1.53 bits per heavy atom. The Morgan fingerprint density at radius 3 is 2.22 bits per heavy atom. The van der Waals surface area contributed by atoms with E-state index in [0.29, 0.717) is 15.2 Å². The van der Waals surface area contributed by atoms with Crippen LogP contribution in [0.4, 0.5) is 0 Å². The molecule has 0 aromatic heterocycles. The first-order chi connectivity index (χ1) is 15.5. The number of para-hydroxylation sites is 1. The van der Waals surface area contributed by atoms with Crippen molar-refractivity contribution in [1.29, 1.82) is 0 Å². The van der Waals surface area contributed by atoms with Gasteiger partial charge in [0.25, 0.3) is 0 Å². The van der Waals surface area contributed by atoms with Crippen LogP contribution in [0.3, 0.4) is 0 Å². The van der Waals surface area contributed by atoms with Gasteiger partial charge < -0.3 is 4.74 Å². The van der Waals surface area contributed by atoms with Crippen LogP contribution < -0.4 is 10.0 Å². The highest BCUT2D eigenvalue weighted by Gasteiger charge is 2.30. The number of rotatable bonds is 11. The number of hydrogen-bond donors (Lipinski definition) is 0. The summed E-state index contributed by atoms with van der Waals surface area (Å²) in [5, 5.41) is 1.54. The highest BCUT2D eigenvalue weighted by atomic mass is 31.1. The standard InChI is InChI=1S/C29H38NOP/c1-6-29(5,32-28-23(4)15-14-18-25(28)21-30(7-2)8-3)26-19-12-13-20-27(26)31-22-24-16-10-9-11-17-24/h9-20,32H,6-8,21-22H2,1-5H3. The van der Waals surface area contributed by atoms with Crippen LogP contribution in [-0.4, -0.2) is 18.0 Å². The molecule has 0 aliphatic rings. The van der Waals surface area contributed by atoms with E-state index in [-0.39, 0.29) is 5.16 Å². The maximum Gasteiger partial charge on any atom is 0.123 e. The van der Waals surface area contributed by atoms with Crippen molar-refractivity contribution in [3.8, 4) is 5.75 Å². The van der Waals surface area contributed by atoms with Crippen LogP contribution in [0.15, 0.2) is 72.8 Å². The zero-order valence-electron chi connectivity index (χ0n) is 20.3. The highest BCUT2D eigenvalue weighted by Crippen LogP contribution is 2.48. The van der Waals surface area contributed by atoms with E-state index >= 15 is 0 Å². The van der Waals surface area contributed by atoms with E-state index in [1.54, 1.807) is 0 Å². The molecule has 0 bridgehead atoms. The van der Waals surface area contributed by atoms with Crippen molar-refractivity contribution >= 4 is 13.9 Å². The van der Waals surface area contributed by atoms with Crippen molar-refractivity contribution in [2.75, 3.05) is 13.1 Å². The quantitative estimate of drug-likeness (QED) is 0.292. The molecule has 3 aromatic carbocycles. The van der Waals surface area contributed by atoms with Crippen molar-refractivity contribution in [2.45, 2.75) is 59.3 Å². The molecule has 3 rings (SSSR count). The third-order valence-corrected chi connectivity index (χ3v) is 8.61. The third kappa shape index (κ3) is 6.00. The van der Waals surface area contributed by atoms with Gasteiger partial charge in [-0.3, -0.25) is 4.90 Å². The summed E-state index contributed by atoms with van der Waals surface area (Å²) in [5.41, 5.74) is 5.38. The van der Waals surface area contributed by atoms with E-state index in [1.165, 1.54) is 27.6 Å². The number of ether oxygens (including phenoxy) is 1. The fraction of sp³-hybridized carbons (Fsp3) is 0.379. The molecule has 0 aliphatic carbocycles. The lowest BCUT2D eigenvalue weighted by Crippen LogP contribution is -2.27. The molecular weight excluding hydrogens is 409 g/mol. The summed E-state index contributed by atoms with van der Waals surface area (Å²) in [6.07, 6.45) is 1.07. The Balaban J connectivity index is 1.91. The first-order valence-electron chi connectivity index (χ1n) is 11.9. The third-order valence-electron chi connectivity index (χ3n) is 6.47. The summed E-state index contributed by atoms with van der Waals surface area (Å²) in [7, 11) is 0.687. The molecular formula is C29H38NOP. The maximum atomic E-state index is 6.36. The number of nitrogens with zero attached hydrogens (tertiary/aromatic N) is 1. The lowest BCUT2D eigenvalue weighted by molar-refractivity contribution is 0.296. The molecule has 2 atom stereocenters. The van der Waals surface area contributed by atoms with Gasteiger partial charge >= 0.3 is 0 Å². The zero-order chi connectivity index (χ0) is 23.0. The van der Waals surface area contributed by atoms with E-state index in [2.05, 4.69) is 106 Å². The van der Waals surface area contributed by atoms with Crippen molar-refractivity contribution in [2.24, 2.45) is 0 Å². The molecule has 0 spiro atoms. The van der Waals surface area contributed by atoms with Crippen molar-refractivity contribution < 1.29 is 4.74 Å². The first-order valence-corrected chi connectivity index (χ1v) is 12.9. The van der Waals surface area contributed by atoms with Crippen LogP contribution in [0, 0.1) is 6.92 Å². The van der Waals surface area contributed by atoms with Crippen LogP contribution in [-0.2, 0) is 18.3 Å². The minimum absolute atomic E-state index is 0.0252. The largest absolute Gasteiger partial charge is 0.489 e. The Hall–Kier alpha value is -2.15. The average molecular weight is 448 g/mol. The molecule has 2 nitrogen and oxygen atoms in total. The Bertz CT molecular complexity index is 983. The summed E-state index contributed by atoms with van der Waals surface area (Å²) in [6.45, 7) is 15.2. The molecule has 0 saturated carbocycles. The van der Waals surface area contributed by atoms with Gasteiger partial charge in [-0.1, -0.05) is 103 Å². The molecule has 0 N–H and O–H groups in total. The van der Waals surface area contributed by atoms with Gasteiger partial charge in [-0.15, -0.1) is 0 Å². The molecule has 0 saturated heterocycles. The smallest absolute Gasteiger partial charge is 0.123 e. The molecule has 0 aliphatic heterocycles. The molecule has 2 unspecified atom stereocenters. The summed E-state index contributed by atoms with van der Waals surface area (Å²) in [6, 6.07) is 25.9. The Kier molecular flexibility index (Phi) is 8.91. The number of aryl methyl sites for hydroxylation is 1. The van der Waals surface area contributed by atoms with Gasteiger partial charge in [0.05, 0.1) is 0 Å².